The van der Waals surface area contributed by atoms with Crippen LogP contribution < -0.4 is 5.73 Å². The Morgan fingerprint density at radius 1 is 1.12 bits per heavy atom. The van der Waals surface area contributed by atoms with Crippen LogP contribution in [0.25, 0.3) is 0 Å². The molecule has 3 aliphatic carbocycles. The molecule has 2 bridgehead atoms. The maximum Gasteiger partial charge on any atom is 0.0188 e. The van der Waals surface area contributed by atoms with Gasteiger partial charge in [0.2, 0.25) is 0 Å². The van der Waals surface area contributed by atoms with Gasteiger partial charge in [0.15, 0.2) is 0 Å². The quantitative estimate of drug-likeness (QED) is 0.718. The Morgan fingerprint density at radius 3 is 2.06 bits per heavy atom. The highest BCUT2D eigenvalue weighted by Crippen LogP contribution is 2.64. The molecule has 0 saturated heterocycles. The number of hydrogen-bond acceptors (Lipinski definition) is 1. The third-order valence-electron chi connectivity index (χ3n) is 5.53. The molecule has 3 saturated carbocycles. The zero-order valence-electron chi connectivity index (χ0n) is 11.9. The van der Waals surface area contributed by atoms with Crippen molar-refractivity contribution in [3.05, 3.63) is 0 Å². The van der Waals surface area contributed by atoms with Crippen LogP contribution in [0.2, 0.25) is 0 Å². The lowest BCUT2D eigenvalue weighted by molar-refractivity contribution is -0.147. The summed E-state index contributed by atoms with van der Waals surface area (Å²) in [5.41, 5.74) is 7.66. The second kappa shape index (κ2) is 3.25. The first-order valence-corrected chi connectivity index (χ1v) is 6.84. The number of nitrogens with two attached hydrogens (primary N) is 1. The van der Waals surface area contributed by atoms with Gasteiger partial charge in [-0.1, -0.05) is 34.6 Å². The molecule has 0 radical (unpaired) electrons. The summed E-state index contributed by atoms with van der Waals surface area (Å²) in [6, 6.07) is 0. The molecule has 0 amide bonds. The van der Waals surface area contributed by atoms with Crippen molar-refractivity contribution in [3.8, 4) is 0 Å². The van der Waals surface area contributed by atoms with Crippen molar-refractivity contribution >= 4 is 0 Å². The van der Waals surface area contributed by atoms with E-state index in [0.717, 1.165) is 17.8 Å². The molecular weight excluding hydrogens is 194 g/mol. The second-order valence-electron chi connectivity index (χ2n) is 8.37. The predicted molar refractivity (Wildman–Crippen MR) is 70.1 cm³/mol. The van der Waals surface area contributed by atoms with E-state index in [2.05, 4.69) is 41.5 Å². The fraction of sp³-hybridized carbons (Fsp3) is 1.00. The van der Waals surface area contributed by atoms with Crippen molar-refractivity contribution in [2.45, 2.75) is 66.3 Å². The zero-order valence-corrected chi connectivity index (χ0v) is 11.9. The highest BCUT2D eigenvalue weighted by atomic mass is 14.8. The smallest absolute Gasteiger partial charge is 0.0188 e. The van der Waals surface area contributed by atoms with E-state index in [9.17, 15) is 0 Å². The Morgan fingerprint density at radius 2 is 1.69 bits per heavy atom. The second-order valence-corrected chi connectivity index (χ2v) is 8.37. The Hall–Kier alpha value is -0.0400. The SMILES string of the molecule is CC(C)(C)C[C@H]1C[C@H]2C[C@H](C2(C)C)[C@@]1(C)N. The number of rotatable bonds is 1. The molecule has 2 N–H and O–H groups in total. The number of hydrogen-bond donors (Lipinski definition) is 1. The molecule has 3 rings (SSSR count). The van der Waals surface area contributed by atoms with Crippen LogP contribution >= 0.6 is 0 Å². The highest BCUT2D eigenvalue weighted by molar-refractivity contribution is 5.14. The van der Waals surface area contributed by atoms with E-state index in [1.165, 1.54) is 19.3 Å². The Bertz CT molecular complexity index is 282. The van der Waals surface area contributed by atoms with E-state index in [0.29, 0.717) is 10.8 Å². The van der Waals surface area contributed by atoms with Crippen LogP contribution in [0.3, 0.4) is 0 Å². The summed E-state index contributed by atoms with van der Waals surface area (Å²) in [6.45, 7) is 14.2. The van der Waals surface area contributed by atoms with E-state index < -0.39 is 0 Å². The molecule has 0 heterocycles. The molecular formula is C15H29N. The van der Waals surface area contributed by atoms with Gasteiger partial charge in [-0.15, -0.1) is 0 Å². The van der Waals surface area contributed by atoms with Crippen molar-refractivity contribution < 1.29 is 0 Å². The molecule has 94 valence electrons. The summed E-state index contributed by atoms with van der Waals surface area (Å²) in [6.07, 6.45) is 4.01. The molecule has 0 unspecified atom stereocenters. The third kappa shape index (κ3) is 1.72. The highest BCUT2D eigenvalue weighted by Gasteiger charge is 2.61. The standard InChI is InChI=1S/C15H29N/c1-13(2,3)9-11-7-10-8-12(14(10,4)5)15(11,6)16/h10-12H,7-9,16H2,1-6H3/t10-,11+,12+,15-/m0/s1. The normalized spacial score (nSPS) is 46.3. The van der Waals surface area contributed by atoms with Gasteiger partial charge in [0.1, 0.15) is 0 Å². The minimum Gasteiger partial charge on any atom is -0.325 e. The first-order valence-electron chi connectivity index (χ1n) is 6.84. The van der Waals surface area contributed by atoms with E-state index in [1.54, 1.807) is 0 Å². The van der Waals surface area contributed by atoms with Gasteiger partial charge in [-0.05, 0) is 54.8 Å². The van der Waals surface area contributed by atoms with Crippen LogP contribution in [0.15, 0.2) is 0 Å². The molecule has 4 atom stereocenters. The summed E-state index contributed by atoms with van der Waals surface area (Å²) in [5.74, 6) is 2.40. The van der Waals surface area contributed by atoms with Gasteiger partial charge in [0.05, 0.1) is 0 Å². The average molecular weight is 223 g/mol. The lowest BCUT2D eigenvalue weighted by Gasteiger charge is -2.66. The van der Waals surface area contributed by atoms with E-state index >= 15 is 0 Å². The summed E-state index contributed by atoms with van der Waals surface area (Å²) in [5, 5.41) is 0. The summed E-state index contributed by atoms with van der Waals surface area (Å²) >= 11 is 0. The van der Waals surface area contributed by atoms with Crippen LogP contribution in [0.4, 0.5) is 0 Å². The molecule has 0 aromatic rings. The van der Waals surface area contributed by atoms with Crippen LogP contribution in [-0.4, -0.2) is 5.54 Å². The number of fused-ring (bicyclic) bond motifs is 2. The van der Waals surface area contributed by atoms with Crippen molar-refractivity contribution in [2.75, 3.05) is 0 Å². The summed E-state index contributed by atoms with van der Waals surface area (Å²) in [7, 11) is 0. The van der Waals surface area contributed by atoms with E-state index in [4.69, 9.17) is 5.73 Å². The average Bonchev–Trinajstić information content (AvgIpc) is 2.04. The van der Waals surface area contributed by atoms with Gasteiger partial charge < -0.3 is 5.73 Å². The maximum atomic E-state index is 6.69. The molecule has 3 fully saturated rings. The van der Waals surface area contributed by atoms with Crippen molar-refractivity contribution in [1.82, 2.24) is 0 Å². The fourth-order valence-corrected chi connectivity index (χ4v) is 4.40. The maximum absolute atomic E-state index is 6.69. The lowest BCUT2D eigenvalue weighted by atomic mass is 9.40. The van der Waals surface area contributed by atoms with Gasteiger partial charge in [-0.2, -0.15) is 0 Å². The van der Waals surface area contributed by atoms with Crippen LogP contribution in [-0.2, 0) is 0 Å². The molecule has 16 heavy (non-hydrogen) atoms. The van der Waals surface area contributed by atoms with Gasteiger partial charge in [-0.25, -0.2) is 0 Å². The first kappa shape index (κ1) is 12.4. The summed E-state index contributed by atoms with van der Waals surface area (Å²) in [4.78, 5) is 0. The van der Waals surface area contributed by atoms with Crippen molar-refractivity contribution in [1.29, 1.82) is 0 Å². The Balaban J connectivity index is 2.15. The van der Waals surface area contributed by atoms with Crippen molar-refractivity contribution in [2.24, 2.45) is 34.3 Å². The van der Waals surface area contributed by atoms with Gasteiger partial charge >= 0.3 is 0 Å². The van der Waals surface area contributed by atoms with Crippen LogP contribution in [0.5, 0.6) is 0 Å². The molecule has 1 nitrogen and oxygen atoms in total. The monoisotopic (exact) mass is 223 g/mol. The molecule has 0 aliphatic heterocycles. The topological polar surface area (TPSA) is 26.0 Å². The van der Waals surface area contributed by atoms with E-state index in [1.807, 2.05) is 0 Å². The van der Waals surface area contributed by atoms with Crippen LogP contribution in [0.1, 0.15) is 60.8 Å². The molecule has 1 heteroatoms. The van der Waals surface area contributed by atoms with Gasteiger partial charge in [0.25, 0.3) is 0 Å². The Labute approximate surface area is 101 Å². The predicted octanol–water partition coefficient (Wildman–Crippen LogP) is 3.82. The molecule has 0 aromatic carbocycles. The van der Waals surface area contributed by atoms with Gasteiger partial charge in [0, 0.05) is 5.54 Å². The minimum absolute atomic E-state index is 0.0610. The zero-order chi connectivity index (χ0) is 12.4. The minimum atomic E-state index is 0.0610. The molecule has 0 aromatic heterocycles. The van der Waals surface area contributed by atoms with E-state index in [-0.39, 0.29) is 5.54 Å². The van der Waals surface area contributed by atoms with Crippen molar-refractivity contribution in [3.63, 3.8) is 0 Å². The lowest BCUT2D eigenvalue weighted by Crippen LogP contribution is -2.68. The Kier molecular flexibility index (Phi) is 2.52. The van der Waals surface area contributed by atoms with Gasteiger partial charge in [-0.3, -0.25) is 0 Å². The first-order chi connectivity index (χ1) is 7.05. The van der Waals surface area contributed by atoms with Crippen LogP contribution in [0, 0.1) is 28.6 Å². The fourth-order valence-electron chi connectivity index (χ4n) is 4.40. The largest absolute Gasteiger partial charge is 0.325 e. The molecule has 3 aliphatic rings. The third-order valence-corrected chi connectivity index (χ3v) is 5.53. The summed E-state index contributed by atoms with van der Waals surface area (Å²) < 4.78 is 0. The molecule has 0 spiro atoms.